The van der Waals surface area contributed by atoms with Crippen LogP contribution < -0.4 is 25.4 Å². The average molecular weight is 327 g/mol. The zero-order chi connectivity index (χ0) is 16.9. The predicted molar refractivity (Wildman–Crippen MR) is 94.8 cm³/mol. The van der Waals surface area contributed by atoms with E-state index in [0.29, 0.717) is 42.6 Å². The predicted octanol–water partition coefficient (Wildman–Crippen LogP) is 2.50. The zero-order valence-corrected chi connectivity index (χ0v) is 13.6. The van der Waals surface area contributed by atoms with E-state index < -0.39 is 0 Å². The van der Waals surface area contributed by atoms with Crippen molar-refractivity contribution in [2.75, 3.05) is 42.3 Å². The summed E-state index contributed by atoms with van der Waals surface area (Å²) in [5.74, 6) is 1.28. The molecule has 0 atom stereocenters. The van der Waals surface area contributed by atoms with Gasteiger partial charge < -0.3 is 25.4 Å². The van der Waals surface area contributed by atoms with Crippen LogP contribution in [-0.4, -0.2) is 32.2 Å². The summed E-state index contributed by atoms with van der Waals surface area (Å²) in [6.07, 6.45) is 0. The first kappa shape index (κ1) is 16.0. The minimum atomic E-state index is -0.105. The van der Waals surface area contributed by atoms with E-state index in [2.05, 4.69) is 5.32 Å². The van der Waals surface area contributed by atoms with E-state index in [1.807, 2.05) is 48.2 Å². The quantitative estimate of drug-likeness (QED) is 0.825. The molecule has 0 aromatic heterocycles. The van der Waals surface area contributed by atoms with Crippen LogP contribution in [0, 0.1) is 0 Å². The first-order chi connectivity index (χ1) is 11.7. The Morgan fingerprint density at radius 2 is 2.17 bits per heavy atom. The second-order valence-corrected chi connectivity index (χ2v) is 5.47. The van der Waals surface area contributed by atoms with Crippen molar-refractivity contribution in [1.29, 1.82) is 0 Å². The van der Waals surface area contributed by atoms with Crippen molar-refractivity contribution >= 4 is 23.0 Å². The molecule has 2 aromatic rings. The monoisotopic (exact) mass is 327 g/mol. The Bertz CT molecular complexity index is 733. The van der Waals surface area contributed by atoms with Crippen molar-refractivity contribution in [3.05, 3.63) is 42.5 Å². The summed E-state index contributed by atoms with van der Waals surface area (Å²) in [6.45, 7) is 3.87. The molecule has 0 aliphatic carbocycles. The van der Waals surface area contributed by atoms with Gasteiger partial charge in [0.1, 0.15) is 18.1 Å². The number of nitrogens with zero attached hydrogens (tertiary/aromatic N) is 1. The van der Waals surface area contributed by atoms with Gasteiger partial charge in [-0.3, -0.25) is 4.79 Å². The van der Waals surface area contributed by atoms with E-state index in [1.165, 1.54) is 0 Å². The molecule has 0 fully saturated rings. The van der Waals surface area contributed by atoms with E-state index >= 15 is 0 Å². The van der Waals surface area contributed by atoms with Crippen LogP contribution in [0.3, 0.4) is 0 Å². The molecule has 24 heavy (non-hydrogen) atoms. The number of rotatable bonds is 5. The number of anilines is 3. The number of ether oxygens (including phenoxy) is 2. The molecule has 0 unspecified atom stereocenters. The van der Waals surface area contributed by atoms with Crippen LogP contribution in [0.15, 0.2) is 42.5 Å². The van der Waals surface area contributed by atoms with Crippen molar-refractivity contribution in [3.63, 3.8) is 0 Å². The average Bonchev–Trinajstić information content (AvgIpc) is 2.57. The van der Waals surface area contributed by atoms with Crippen molar-refractivity contribution in [3.8, 4) is 11.5 Å². The number of carbonyl (C=O) groups is 1. The molecule has 1 amide bonds. The third-order valence-electron chi connectivity index (χ3n) is 3.74. The van der Waals surface area contributed by atoms with Crippen molar-refractivity contribution < 1.29 is 14.3 Å². The third-order valence-corrected chi connectivity index (χ3v) is 3.74. The normalized spacial score (nSPS) is 13.0. The highest BCUT2D eigenvalue weighted by Gasteiger charge is 2.20. The number of nitrogens with two attached hydrogens (primary N) is 1. The highest BCUT2D eigenvalue weighted by Crippen LogP contribution is 2.33. The summed E-state index contributed by atoms with van der Waals surface area (Å²) in [4.78, 5) is 14.4. The van der Waals surface area contributed by atoms with Crippen LogP contribution in [0.5, 0.6) is 11.5 Å². The van der Waals surface area contributed by atoms with Gasteiger partial charge in [-0.25, -0.2) is 0 Å². The Labute approximate surface area is 141 Å². The van der Waals surface area contributed by atoms with E-state index in [0.717, 1.165) is 5.69 Å². The number of amides is 1. The molecule has 2 aromatic carbocycles. The molecular formula is C18H21N3O3. The molecule has 1 aliphatic heterocycles. The minimum Gasteiger partial charge on any atom is -0.492 e. The van der Waals surface area contributed by atoms with Gasteiger partial charge in [0.25, 0.3) is 0 Å². The van der Waals surface area contributed by atoms with Crippen LogP contribution in [0.25, 0.3) is 0 Å². The fourth-order valence-electron chi connectivity index (χ4n) is 2.67. The number of hydrogen-bond donors (Lipinski definition) is 2. The Balaban J connectivity index is 1.70. The van der Waals surface area contributed by atoms with Gasteiger partial charge in [-0.15, -0.1) is 0 Å². The lowest BCUT2D eigenvalue weighted by atomic mass is 10.2. The second kappa shape index (κ2) is 7.12. The SMILES string of the molecule is CCOc1ccccc1NC(=O)CN1CCOc2cc(N)ccc21. The molecule has 1 heterocycles. The number of nitrogen functional groups attached to an aromatic ring is 1. The summed E-state index contributed by atoms with van der Waals surface area (Å²) in [6, 6.07) is 12.9. The molecule has 126 valence electrons. The lowest BCUT2D eigenvalue weighted by Gasteiger charge is -2.30. The van der Waals surface area contributed by atoms with Crippen LogP contribution in [0.1, 0.15) is 6.92 Å². The zero-order valence-electron chi connectivity index (χ0n) is 13.6. The maximum Gasteiger partial charge on any atom is 0.243 e. The minimum absolute atomic E-state index is 0.105. The molecule has 0 radical (unpaired) electrons. The van der Waals surface area contributed by atoms with Gasteiger partial charge >= 0.3 is 0 Å². The molecule has 3 N–H and O–H groups in total. The van der Waals surface area contributed by atoms with Crippen molar-refractivity contribution in [2.45, 2.75) is 6.92 Å². The summed E-state index contributed by atoms with van der Waals surface area (Å²) >= 11 is 0. The molecule has 6 nitrogen and oxygen atoms in total. The number of carbonyl (C=O) groups excluding carboxylic acids is 1. The van der Waals surface area contributed by atoms with E-state index in [-0.39, 0.29) is 12.5 Å². The highest BCUT2D eigenvalue weighted by atomic mass is 16.5. The number of hydrogen-bond acceptors (Lipinski definition) is 5. The molecule has 0 spiro atoms. The molecule has 0 saturated carbocycles. The Kier molecular flexibility index (Phi) is 4.74. The van der Waals surface area contributed by atoms with Crippen LogP contribution in [0.4, 0.5) is 17.1 Å². The number of benzene rings is 2. The van der Waals surface area contributed by atoms with Gasteiger partial charge in [0.15, 0.2) is 0 Å². The van der Waals surface area contributed by atoms with Crippen molar-refractivity contribution in [1.82, 2.24) is 0 Å². The number of para-hydroxylation sites is 2. The first-order valence-corrected chi connectivity index (χ1v) is 7.96. The molecule has 1 aliphatic rings. The summed E-state index contributed by atoms with van der Waals surface area (Å²) in [5, 5.41) is 2.91. The maximum absolute atomic E-state index is 12.4. The van der Waals surface area contributed by atoms with E-state index in [4.69, 9.17) is 15.2 Å². The highest BCUT2D eigenvalue weighted by molar-refractivity contribution is 5.95. The van der Waals surface area contributed by atoms with Crippen LogP contribution >= 0.6 is 0 Å². The largest absolute Gasteiger partial charge is 0.492 e. The molecule has 0 saturated heterocycles. The summed E-state index contributed by atoms with van der Waals surface area (Å²) in [7, 11) is 0. The Morgan fingerprint density at radius 1 is 1.33 bits per heavy atom. The molecule has 0 bridgehead atoms. The molecular weight excluding hydrogens is 306 g/mol. The van der Waals surface area contributed by atoms with Gasteiger partial charge in [-0.1, -0.05) is 12.1 Å². The standard InChI is InChI=1S/C18H21N3O3/c1-2-23-16-6-4-3-5-14(16)20-18(22)12-21-9-10-24-17-11-13(19)7-8-15(17)21/h3-8,11H,2,9-10,12,19H2,1H3,(H,20,22). The third kappa shape index (κ3) is 3.53. The number of fused-ring (bicyclic) bond motifs is 1. The molecule has 3 rings (SSSR count). The lowest BCUT2D eigenvalue weighted by Crippen LogP contribution is -2.38. The topological polar surface area (TPSA) is 76.8 Å². The van der Waals surface area contributed by atoms with Crippen LogP contribution in [-0.2, 0) is 4.79 Å². The molecule has 6 heteroatoms. The smallest absolute Gasteiger partial charge is 0.243 e. The second-order valence-electron chi connectivity index (χ2n) is 5.47. The van der Waals surface area contributed by atoms with Gasteiger partial charge in [0.05, 0.1) is 31.1 Å². The van der Waals surface area contributed by atoms with Crippen molar-refractivity contribution in [2.24, 2.45) is 0 Å². The van der Waals surface area contributed by atoms with Crippen LogP contribution in [0.2, 0.25) is 0 Å². The maximum atomic E-state index is 12.4. The first-order valence-electron chi connectivity index (χ1n) is 7.96. The lowest BCUT2D eigenvalue weighted by molar-refractivity contribution is -0.115. The fourth-order valence-corrected chi connectivity index (χ4v) is 2.67. The Hall–Kier alpha value is -2.89. The van der Waals surface area contributed by atoms with Gasteiger partial charge in [0, 0.05) is 11.8 Å². The van der Waals surface area contributed by atoms with E-state index in [1.54, 1.807) is 6.07 Å². The summed E-state index contributed by atoms with van der Waals surface area (Å²) in [5.41, 5.74) is 7.98. The summed E-state index contributed by atoms with van der Waals surface area (Å²) < 4.78 is 11.1. The fraction of sp³-hybridized carbons (Fsp3) is 0.278. The van der Waals surface area contributed by atoms with E-state index in [9.17, 15) is 4.79 Å². The Morgan fingerprint density at radius 3 is 3.00 bits per heavy atom. The van der Waals surface area contributed by atoms with Gasteiger partial charge in [-0.05, 0) is 31.2 Å². The number of nitrogens with one attached hydrogen (secondary N) is 1. The van der Waals surface area contributed by atoms with Gasteiger partial charge in [0.2, 0.25) is 5.91 Å². The van der Waals surface area contributed by atoms with Gasteiger partial charge in [-0.2, -0.15) is 0 Å².